The molecule has 6 nitrogen and oxygen atoms in total. The summed E-state index contributed by atoms with van der Waals surface area (Å²) in [5.41, 5.74) is -1.73. The summed E-state index contributed by atoms with van der Waals surface area (Å²) >= 11 is 5.52. The van der Waals surface area contributed by atoms with Gasteiger partial charge in [0.1, 0.15) is 17.7 Å². The number of nitrogens with one attached hydrogen (secondary N) is 1. The average Bonchev–Trinajstić information content (AvgIpc) is 2.72. The number of carbonyl (C=O) groups is 2. The minimum atomic E-state index is -1.38. The Hall–Kier alpha value is -1.93. The topological polar surface area (TPSA) is 89.9 Å². The zero-order valence-electron chi connectivity index (χ0n) is 11.4. The molecule has 1 aromatic rings. The maximum absolute atomic E-state index is 13.6. The Morgan fingerprint density at radius 2 is 2.05 bits per heavy atom. The molecule has 9 heteroatoms. The van der Waals surface area contributed by atoms with Crippen molar-refractivity contribution in [3.05, 3.63) is 28.8 Å². The Balaban J connectivity index is 2.22. The van der Waals surface area contributed by atoms with Gasteiger partial charge >= 0.3 is 6.09 Å². The summed E-state index contributed by atoms with van der Waals surface area (Å²) in [4.78, 5) is 24.0. The zero-order chi connectivity index (χ0) is 16.7. The van der Waals surface area contributed by atoms with Gasteiger partial charge in [-0.25, -0.2) is 13.6 Å². The molecule has 2 rings (SSSR count). The van der Waals surface area contributed by atoms with Gasteiger partial charge in [-0.05, 0) is 13.0 Å². The number of hydrogen-bond acceptors (Lipinski definition) is 3. The molecule has 0 aliphatic carbocycles. The van der Waals surface area contributed by atoms with Crippen LogP contribution >= 0.6 is 11.6 Å². The van der Waals surface area contributed by atoms with Crippen LogP contribution in [0, 0.1) is 11.6 Å². The van der Waals surface area contributed by atoms with E-state index >= 15 is 0 Å². The molecule has 1 aliphatic heterocycles. The van der Waals surface area contributed by atoms with E-state index in [1.807, 2.05) is 0 Å². The highest BCUT2D eigenvalue weighted by Crippen LogP contribution is 2.29. The molecule has 0 spiro atoms. The van der Waals surface area contributed by atoms with Gasteiger partial charge in [0.05, 0.1) is 22.9 Å². The standard InChI is InChI=1S/C13H13ClF2N2O4/c1-13(22)4-10(18(5-13)12(20)21)11(19)17-9-2-6(14)7(15)3-8(9)16/h2-3,10,22H,4-5H2,1H3,(H,17,19)(H,20,21)/t10-,13?/m0/s1. The fourth-order valence-corrected chi connectivity index (χ4v) is 2.50. The number of benzene rings is 1. The number of likely N-dealkylation sites (tertiary alicyclic amines) is 1. The molecule has 0 aromatic heterocycles. The number of amides is 2. The minimum absolute atomic E-state index is 0.137. The van der Waals surface area contributed by atoms with E-state index in [1.165, 1.54) is 6.92 Å². The molecule has 0 saturated carbocycles. The van der Waals surface area contributed by atoms with Gasteiger partial charge in [0.25, 0.3) is 0 Å². The number of anilines is 1. The van der Waals surface area contributed by atoms with Crippen LogP contribution in [0.15, 0.2) is 12.1 Å². The van der Waals surface area contributed by atoms with Gasteiger partial charge in [0, 0.05) is 12.5 Å². The summed E-state index contributed by atoms with van der Waals surface area (Å²) in [6.07, 6.45) is -1.52. The number of hydrogen-bond donors (Lipinski definition) is 3. The van der Waals surface area contributed by atoms with Crippen LogP contribution in [0.3, 0.4) is 0 Å². The summed E-state index contributed by atoms with van der Waals surface area (Å²) in [7, 11) is 0. The van der Waals surface area contributed by atoms with E-state index in [0.29, 0.717) is 6.07 Å². The average molecular weight is 335 g/mol. The first-order valence-electron chi connectivity index (χ1n) is 6.28. The Labute approximate surface area is 129 Å². The Bertz CT molecular complexity index is 639. The van der Waals surface area contributed by atoms with Crippen molar-refractivity contribution >= 4 is 29.3 Å². The van der Waals surface area contributed by atoms with Crippen LogP contribution in [-0.2, 0) is 4.79 Å². The summed E-state index contributed by atoms with van der Waals surface area (Å²) in [6.45, 7) is 1.15. The first-order valence-corrected chi connectivity index (χ1v) is 6.66. The largest absolute Gasteiger partial charge is 0.465 e. The second kappa shape index (κ2) is 5.69. The van der Waals surface area contributed by atoms with E-state index in [9.17, 15) is 23.5 Å². The molecule has 1 saturated heterocycles. The fourth-order valence-electron chi connectivity index (χ4n) is 2.34. The molecular weight excluding hydrogens is 322 g/mol. The number of carbonyl (C=O) groups excluding carboxylic acids is 1. The van der Waals surface area contributed by atoms with Crippen molar-refractivity contribution in [2.45, 2.75) is 25.0 Å². The predicted molar refractivity (Wildman–Crippen MR) is 73.8 cm³/mol. The van der Waals surface area contributed by atoms with Gasteiger partial charge in [0.15, 0.2) is 0 Å². The molecule has 1 aromatic carbocycles. The van der Waals surface area contributed by atoms with Gasteiger partial charge in [-0.1, -0.05) is 11.6 Å². The second-order valence-electron chi connectivity index (χ2n) is 5.36. The quantitative estimate of drug-likeness (QED) is 0.722. The predicted octanol–water partition coefficient (Wildman–Crippen LogP) is 2.06. The van der Waals surface area contributed by atoms with Crippen molar-refractivity contribution in [1.82, 2.24) is 4.90 Å². The fraction of sp³-hybridized carbons (Fsp3) is 0.385. The highest BCUT2D eigenvalue weighted by atomic mass is 35.5. The van der Waals surface area contributed by atoms with E-state index in [1.54, 1.807) is 0 Å². The zero-order valence-corrected chi connectivity index (χ0v) is 12.2. The molecule has 1 aliphatic rings. The van der Waals surface area contributed by atoms with E-state index in [-0.39, 0.29) is 23.7 Å². The highest BCUT2D eigenvalue weighted by molar-refractivity contribution is 6.31. The van der Waals surface area contributed by atoms with Crippen molar-refractivity contribution in [1.29, 1.82) is 0 Å². The van der Waals surface area contributed by atoms with Crippen molar-refractivity contribution in [2.75, 3.05) is 11.9 Å². The monoisotopic (exact) mass is 334 g/mol. The maximum atomic E-state index is 13.6. The lowest BCUT2D eigenvalue weighted by atomic mass is 10.0. The number of carboxylic acid groups (broad SMARTS) is 1. The molecule has 1 unspecified atom stereocenters. The maximum Gasteiger partial charge on any atom is 0.408 e. The second-order valence-corrected chi connectivity index (χ2v) is 5.77. The molecule has 2 amide bonds. The van der Waals surface area contributed by atoms with Crippen LogP contribution in [0.4, 0.5) is 19.3 Å². The van der Waals surface area contributed by atoms with Crippen molar-refractivity contribution in [2.24, 2.45) is 0 Å². The third kappa shape index (κ3) is 3.28. The van der Waals surface area contributed by atoms with Crippen molar-refractivity contribution in [3.63, 3.8) is 0 Å². The number of halogens is 3. The SMILES string of the molecule is CC1(O)C[C@@H](C(=O)Nc2cc(Cl)c(F)cc2F)N(C(=O)O)C1. The molecular formula is C13H13ClF2N2O4. The molecule has 1 heterocycles. The van der Waals surface area contributed by atoms with Gasteiger partial charge in [-0.15, -0.1) is 0 Å². The van der Waals surface area contributed by atoms with Gasteiger partial charge in [0.2, 0.25) is 5.91 Å². The molecule has 22 heavy (non-hydrogen) atoms. The lowest BCUT2D eigenvalue weighted by molar-refractivity contribution is -0.120. The van der Waals surface area contributed by atoms with Crippen LogP contribution in [0.2, 0.25) is 5.02 Å². The van der Waals surface area contributed by atoms with Crippen LogP contribution in [-0.4, -0.2) is 45.3 Å². The normalized spacial score (nSPS) is 24.4. The van der Waals surface area contributed by atoms with Crippen LogP contribution in [0.1, 0.15) is 13.3 Å². The Kier molecular flexibility index (Phi) is 4.25. The number of nitrogens with zero attached hydrogens (tertiary/aromatic N) is 1. The van der Waals surface area contributed by atoms with Crippen molar-refractivity contribution in [3.8, 4) is 0 Å². The van der Waals surface area contributed by atoms with Crippen LogP contribution in [0.5, 0.6) is 0 Å². The molecule has 1 fully saturated rings. The number of β-amino-alcohol motifs (C(OH)–C–C–N with tert-alkyl or cyclic N) is 1. The first kappa shape index (κ1) is 16.4. The lowest BCUT2D eigenvalue weighted by Gasteiger charge is -2.20. The van der Waals surface area contributed by atoms with Crippen molar-refractivity contribution < 1.29 is 28.6 Å². The van der Waals surface area contributed by atoms with E-state index in [2.05, 4.69) is 5.32 Å². The molecule has 3 N–H and O–H groups in total. The molecule has 0 bridgehead atoms. The Morgan fingerprint density at radius 1 is 1.41 bits per heavy atom. The summed E-state index contributed by atoms with van der Waals surface area (Å²) in [6, 6.07) is 0.218. The third-order valence-corrected chi connectivity index (χ3v) is 3.63. The van der Waals surface area contributed by atoms with Crippen LogP contribution < -0.4 is 5.32 Å². The molecule has 120 valence electrons. The molecule has 0 radical (unpaired) electrons. The van der Waals surface area contributed by atoms with E-state index < -0.39 is 35.3 Å². The Morgan fingerprint density at radius 3 is 2.64 bits per heavy atom. The lowest BCUT2D eigenvalue weighted by Crippen LogP contribution is -2.42. The summed E-state index contributed by atoms with van der Waals surface area (Å²) < 4.78 is 26.7. The molecule has 2 atom stereocenters. The number of rotatable bonds is 2. The van der Waals surface area contributed by atoms with E-state index in [4.69, 9.17) is 16.7 Å². The van der Waals surface area contributed by atoms with Gasteiger partial charge < -0.3 is 15.5 Å². The van der Waals surface area contributed by atoms with Gasteiger partial charge in [-0.2, -0.15) is 0 Å². The minimum Gasteiger partial charge on any atom is -0.465 e. The number of aliphatic hydroxyl groups is 1. The smallest absolute Gasteiger partial charge is 0.408 e. The van der Waals surface area contributed by atoms with Crippen LogP contribution in [0.25, 0.3) is 0 Å². The van der Waals surface area contributed by atoms with E-state index in [0.717, 1.165) is 11.0 Å². The summed E-state index contributed by atoms with van der Waals surface area (Å²) in [5.74, 6) is -2.85. The highest BCUT2D eigenvalue weighted by Gasteiger charge is 2.45. The first-order chi connectivity index (χ1) is 10.1. The van der Waals surface area contributed by atoms with Gasteiger partial charge in [-0.3, -0.25) is 9.69 Å². The summed E-state index contributed by atoms with van der Waals surface area (Å²) in [5, 5.41) is 20.7. The third-order valence-electron chi connectivity index (χ3n) is 3.34.